The number of aromatic nitrogens is 3. The van der Waals surface area contributed by atoms with Crippen molar-refractivity contribution in [2.45, 2.75) is 64.6 Å². The number of aliphatic hydroxyl groups excluding tert-OH is 1. The molecule has 194 valence electrons. The van der Waals surface area contributed by atoms with Crippen LogP contribution in [0, 0.1) is 19.8 Å². The molecule has 1 fully saturated rings. The number of carbonyl (C=O) groups excluding carboxylic acids is 2. The molecule has 11 heteroatoms. The highest BCUT2D eigenvalue weighted by molar-refractivity contribution is 7.13. The van der Waals surface area contributed by atoms with Gasteiger partial charge in [-0.25, -0.2) is 9.98 Å². The number of amidine groups is 1. The van der Waals surface area contributed by atoms with Crippen molar-refractivity contribution in [2.75, 3.05) is 6.54 Å². The molecule has 10 nitrogen and oxygen atoms in total. The van der Waals surface area contributed by atoms with E-state index in [9.17, 15) is 14.7 Å². The zero-order valence-electron chi connectivity index (χ0n) is 21.4. The van der Waals surface area contributed by atoms with Gasteiger partial charge in [0.05, 0.1) is 28.2 Å². The monoisotopic (exact) mass is 522 g/mol. The molecule has 3 aromatic rings. The second-order valence-electron chi connectivity index (χ2n) is 10.2. The predicted molar refractivity (Wildman–Crippen MR) is 138 cm³/mol. The number of β-amino-alcohol motifs (C(OH)–C–C–N with tert-alkyl or cyclic N) is 1. The lowest BCUT2D eigenvalue weighted by Crippen LogP contribution is -2.48. The predicted octanol–water partition coefficient (Wildman–Crippen LogP) is 2.96. The second-order valence-corrected chi connectivity index (χ2v) is 11.0. The zero-order chi connectivity index (χ0) is 26.5. The molecule has 2 amide bonds. The summed E-state index contributed by atoms with van der Waals surface area (Å²) in [5.41, 5.74) is 3.39. The maximum absolute atomic E-state index is 13.7. The van der Waals surface area contributed by atoms with Crippen molar-refractivity contribution in [3.8, 4) is 10.4 Å². The number of nitrogens with one attached hydrogen (secondary N) is 1. The second kappa shape index (κ2) is 9.46. The lowest BCUT2D eigenvalue weighted by atomic mass is 9.91. The lowest BCUT2D eigenvalue weighted by Gasteiger charge is -2.28. The number of hydrogen-bond acceptors (Lipinski definition) is 9. The van der Waals surface area contributed by atoms with Gasteiger partial charge >= 0.3 is 0 Å². The summed E-state index contributed by atoms with van der Waals surface area (Å²) in [6.07, 6.45) is -0.461. The Morgan fingerprint density at radius 2 is 2.00 bits per heavy atom. The lowest BCUT2D eigenvalue weighted by molar-refractivity contribution is -0.134. The van der Waals surface area contributed by atoms with E-state index in [0.717, 1.165) is 21.7 Å². The number of aryl methyl sites for hydroxylation is 2. The molecule has 0 aliphatic carbocycles. The summed E-state index contributed by atoms with van der Waals surface area (Å²) < 4.78 is 5.33. The van der Waals surface area contributed by atoms with E-state index in [1.807, 2.05) is 50.5 Å². The molecular weight excluding hydrogens is 492 g/mol. The Balaban J connectivity index is 1.43. The molecule has 2 aliphatic rings. The van der Waals surface area contributed by atoms with E-state index in [-0.39, 0.29) is 36.6 Å². The van der Waals surface area contributed by atoms with Crippen molar-refractivity contribution in [1.82, 2.24) is 25.3 Å². The molecule has 4 atom stereocenters. The SMILES string of the molecule is Cc1noc([C@@H](C(=O)N2C[C@H](O)C[C@@H]2C2=N[C@@](C)(c3ccc(-c4scnc4C)cc3)C(=O)N2)C(C)C)n1. The minimum absolute atomic E-state index is 0.114. The van der Waals surface area contributed by atoms with Gasteiger partial charge in [-0.3, -0.25) is 9.59 Å². The molecule has 5 rings (SSSR count). The summed E-state index contributed by atoms with van der Waals surface area (Å²) in [5.74, 6) is -0.218. The fraction of sp³-hybridized carbons (Fsp3) is 0.462. The van der Waals surface area contributed by atoms with Crippen molar-refractivity contribution in [3.05, 3.63) is 52.7 Å². The van der Waals surface area contributed by atoms with Crippen molar-refractivity contribution in [1.29, 1.82) is 0 Å². The molecule has 2 aromatic heterocycles. The van der Waals surface area contributed by atoms with E-state index in [4.69, 9.17) is 9.52 Å². The first-order chi connectivity index (χ1) is 17.6. The van der Waals surface area contributed by atoms with E-state index in [2.05, 4.69) is 20.4 Å². The first-order valence-corrected chi connectivity index (χ1v) is 13.2. The van der Waals surface area contributed by atoms with Crippen LogP contribution in [0.15, 0.2) is 39.3 Å². The zero-order valence-corrected chi connectivity index (χ0v) is 22.2. The molecule has 1 saturated heterocycles. The highest BCUT2D eigenvalue weighted by atomic mass is 32.1. The number of nitrogens with zero attached hydrogens (tertiary/aromatic N) is 5. The molecule has 2 aliphatic heterocycles. The largest absolute Gasteiger partial charge is 0.391 e. The fourth-order valence-corrected chi connectivity index (χ4v) is 5.86. The van der Waals surface area contributed by atoms with Crippen LogP contribution < -0.4 is 5.32 Å². The van der Waals surface area contributed by atoms with Gasteiger partial charge in [-0.1, -0.05) is 43.3 Å². The van der Waals surface area contributed by atoms with Crippen molar-refractivity contribution >= 4 is 29.0 Å². The number of aliphatic hydroxyl groups is 1. The van der Waals surface area contributed by atoms with Crippen LogP contribution in [0.5, 0.6) is 0 Å². The van der Waals surface area contributed by atoms with Crippen LogP contribution in [0.4, 0.5) is 0 Å². The highest BCUT2D eigenvalue weighted by Crippen LogP contribution is 2.36. The van der Waals surface area contributed by atoms with Crippen molar-refractivity contribution in [2.24, 2.45) is 10.9 Å². The number of benzene rings is 1. The Morgan fingerprint density at radius 3 is 2.59 bits per heavy atom. The first kappa shape index (κ1) is 25.2. The Bertz CT molecular complexity index is 1360. The van der Waals surface area contributed by atoms with Gasteiger partial charge in [-0.05, 0) is 37.8 Å². The highest BCUT2D eigenvalue weighted by Gasteiger charge is 2.48. The summed E-state index contributed by atoms with van der Waals surface area (Å²) in [4.78, 5) is 43.0. The Morgan fingerprint density at radius 1 is 1.27 bits per heavy atom. The van der Waals surface area contributed by atoms with Gasteiger partial charge in [0.25, 0.3) is 5.91 Å². The van der Waals surface area contributed by atoms with Gasteiger partial charge in [0, 0.05) is 13.0 Å². The molecule has 1 aromatic carbocycles. The van der Waals surface area contributed by atoms with Gasteiger partial charge in [0.2, 0.25) is 11.8 Å². The molecule has 4 heterocycles. The van der Waals surface area contributed by atoms with E-state index in [1.165, 1.54) is 0 Å². The maximum Gasteiger partial charge on any atom is 0.257 e. The Labute approximate surface area is 218 Å². The number of carbonyl (C=O) groups is 2. The summed E-state index contributed by atoms with van der Waals surface area (Å²) in [6, 6.07) is 7.17. The minimum atomic E-state index is -1.15. The normalized spacial score (nSPS) is 24.5. The average Bonchev–Trinajstić information content (AvgIpc) is 3.62. The number of aliphatic imine (C=N–C) groups is 1. The van der Waals surface area contributed by atoms with Crippen LogP contribution in [0.1, 0.15) is 56.1 Å². The van der Waals surface area contributed by atoms with Crippen LogP contribution in [-0.4, -0.2) is 61.5 Å². The van der Waals surface area contributed by atoms with Crippen LogP contribution >= 0.6 is 11.3 Å². The van der Waals surface area contributed by atoms with Crippen molar-refractivity contribution in [3.63, 3.8) is 0 Å². The quantitative estimate of drug-likeness (QED) is 0.508. The molecule has 0 unspecified atom stereocenters. The maximum atomic E-state index is 13.7. The van der Waals surface area contributed by atoms with Gasteiger partial charge in [0.15, 0.2) is 11.4 Å². The van der Waals surface area contributed by atoms with Gasteiger partial charge in [-0.15, -0.1) is 11.3 Å². The molecule has 0 radical (unpaired) electrons. The van der Waals surface area contributed by atoms with Crippen LogP contribution in [-0.2, 0) is 15.1 Å². The van der Waals surface area contributed by atoms with Gasteiger partial charge < -0.3 is 19.8 Å². The van der Waals surface area contributed by atoms with Gasteiger partial charge in [0.1, 0.15) is 11.8 Å². The Kier molecular flexibility index (Phi) is 6.45. The van der Waals surface area contributed by atoms with Crippen LogP contribution in [0.25, 0.3) is 10.4 Å². The number of thiazole rings is 1. The van der Waals surface area contributed by atoms with E-state index < -0.39 is 23.6 Å². The minimum Gasteiger partial charge on any atom is -0.391 e. The molecule has 0 spiro atoms. The molecule has 0 bridgehead atoms. The topological polar surface area (TPSA) is 134 Å². The van der Waals surface area contributed by atoms with E-state index >= 15 is 0 Å². The molecule has 37 heavy (non-hydrogen) atoms. The average molecular weight is 523 g/mol. The summed E-state index contributed by atoms with van der Waals surface area (Å²) in [6.45, 7) is 9.38. The van der Waals surface area contributed by atoms with Crippen molar-refractivity contribution < 1.29 is 19.2 Å². The summed E-state index contributed by atoms with van der Waals surface area (Å²) >= 11 is 1.57. The molecule has 2 N–H and O–H groups in total. The third-order valence-corrected chi connectivity index (χ3v) is 8.08. The Hall–Kier alpha value is -3.44. The number of hydrogen-bond donors (Lipinski definition) is 2. The van der Waals surface area contributed by atoms with E-state index in [1.54, 1.807) is 30.1 Å². The first-order valence-electron chi connectivity index (χ1n) is 12.3. The number of likely N-dealkylation sites (tertiary alicyclic amines) is 1. The third kappa shape index (κ3) is 4.46. The molecule has 0 saturated carbocycles. The van der Waals surface area contributed by atoms with Gasteiger partial charge in [-0.2, -0.15) is 4.98 Å². The standard InChI is InChI=1S/C26H30N6O4S/c1-13(2)20(23-28-15(4)31-36-23)24(34)32-11-18(33)10-19(32)22-29-25(35)26(5,30-22)17-8-6-16(7-9-17)21-14(3)27-12-37-21/h6-9,12-13,18-20,33H,10-11H2,1-5H3,(H,29,30,35)/t18-,19-,20+,26+/m1/s1. The number of rotatable bonds is 6. The summed E-state index contributed by atoms with van der Waals surface area (Å²) in [5, 5.41) is 17.3. The van der Waals surface area contributed by atoms with Crippen LogP contribution in [0.3, 0.4) is 0 Å². The third-order valence-electron chi connectivity index (χ3n) is 7.10. The van der Waals surface area contributed by atoms with Crippen LogP contribution in [0.2, 0.25) is 0 Å². The smallest absolute Gasteiger partial charge is 0.257 e. The molecular formula is C26H30N6O4S. The summed E-state index contributed by atoms with van der Waals surface area (Å²) in [7, 11) is 0. The number of amides is 2. The van der Waals surface area contributed by atoms with E-state index in [0.29, 0.717) is 11.7 Å². The fourth-order valence-electron chi connectivity index (χ4n) is 5.05.